The molecule has 236 valence electrons. The van der Waals surface area contributed by atoms with Crippen molar-refractivity contribution in [2.24, 2.45) is 16.8 Å². The van der Waals surface area contributed by atoms with Crippen molar-refractivity contribution in [3.05, 3.63) is 83.4 Å². The Morgan fingerprint density at radius 1 is 1.00 bits per heavy atom. The maximum absolute atomic E-state index is 13.4. The molecule has 1 aliphatic carbocycles. The van der Waals surface area contributed by atoms with Crippen LogP contribution in [0.5, 0.6) is 6.01 Å². The van der Waals surface area contributed by atoms with Crippen LogP contribution < -0.4 is 21.8 Å². The third kappa shape index (κ3) is 7.35. The molecule has 12 heteroatoms. The van der Waals surface area contributed by atoms with Crippen LogP contribution in [0.25, 0.3) is 22.2 Å². The Hall–Kier alpha value is -5.10. The third-order valence-electron chi connectivity index (χ3n) is 7.63. The van der Waals surface area contributed by atoms with Crippen LogP contribution in [0.2, 0.25) is 0 Å². The number of hydrogen-bond acceptors (Lipinski definition) is 10. The number of carbonyl (C=O) groups excluding carboxylic acids is 2. The predicted molar refractivity (Wildman–Crippen MR) is 169 cm³/mol. The number of esters is 1. The highest BCUT2D eigenvalue weighted by Gasteiger charge is 2.25. The average Bonchev–Trinajstić information content (AvgIpc) is 3.39. The number of ether oxygens (including phenoxy) is 4. The number of hydrogen-bond donors (Lipinski definition) is 3. The Balaban J connectivity index is 1.37. The number of fused-ring (bicyclic) bond motifs is 1. The van der Waals surface area contributed by atoms with Crippen LogP contribution in [-0.2, 0) is 20.8 Å². The predicted octanol–water partition coefficient (Wildman–Crippen LogP) is 5.22. The summed E-state index contributed by atoms with van der Waals surface area (Å²) in [5.41, 5.74) is 7.43. The van der Waals surface area contributed by atoms with E-state index >= 15 is 0 Å². The van der Waals surface area contributed by atoms with Gasteiger partial charge in [-0.25, -0.2) is 15.4 Å². The maximum Gasteiger partial charge on any atom is 0.511 e. The lowest BCUT2D eigenvalue weighted by atomic mass is 9.98. The number of benzene rings is 3. The first kappa shape index (κ1) is 31.3. The molecular formula is C33H38N6O6. The fourth-order valence-corrected chi connectivity index (χ4v) is 5.53. The van der Waals surface area contributed by atoms with E-state index in [1.807, 2.05) is 60.0 Å². The molecule has 0 bridgehead atoms. The molecule has 1 heterocycles. The number of aromatic nitrogens is 2. The van der Waals surface area contributed by atoms with Crippen molar-refractivity contribution >= 4 is 29.0 Å². The SMILES string of the molecule is CCOc1nc2cccc(C(=O)OC(C)OC(=O)OC3CCCCC3)c2n1Cc1ccc(-c2ccccc2/C(=N/N)NN)cc1. The molecule has 1 unspecified atom stereocenters. The molecule has 1 fully saturated rings. The van der Waals surface area contributed by atoms with Crippen molar-refractivity contribution in [3.8, 4) is 17.1 Å². The summed E-state index contributed by atoms with van der Waals surface area (Å²) in [7, 11) is 0. The number of carbonyl (C=O) groups is 2. The normalized spacial score (nSPS) is 14.5. The van der Waals surface area contributed by atoms with Crippen LogP contribution in [0, 0.1) is 0 Å². The summed E-state index contributed by atoms with van der Waals surface area (Å²) < 4.78 is 23.8. The lowest BCUT2D eigenvalue weighted by Gasteiger charge is -2.22. The van der Waals surface area contributed by atoms with Gasteiger partial charge in [0, 0.05) is 12.5 Å². The van der Waals surface area contributed by atoms with E-state index in [4.69, 9.17) is 30.6 Å². The molecule has 5 N–H and O–H groups in total. The van der Waals surface area contributed by atoms with Gasteiger partial charge in [0.25, 0.3) is 6.01 Å². The average molecular weight is 615 g/mol. The molecule has 3 aromatic carbocycles. The van der Waals surface area contributed by atoms with Crippen LogP contribution in [0.15, 0.2) is 71.8 Å². The highest BCUT2D eigenvalue weighted by atomic mass is 16.8. The smallest absolute Gasteiger partial charge is 0.465 e. The van der Waals surface area contributed by atoms with Crippen molar-refractivity contribution < 1.29 is 28.5 Å². The van der Waals surface area contributed by atoms with Crippen LogP contribution in [-0.4, -0.2) is 46.5 Å². The Morgan fingerprint density at radius 3 is 2.44 bits per heavy atom. The van der Waals surface area contributed by atoms with Crippen molar-refractivity contribution in [1.82, 2.24) is 15.0 Å². The zero-order chi connectivity index (χ0) is 31.8. The van der Waals surface area contributed by atoms with E-state index in [1.54, 1.807) is 18.2 Å². The largest absolute Gasteiger partial charge is 0.511 e. The van der Waals surface area contributed by atoms with Crippen molar-refractivity contribution in [2.45, 2.75) is 64.9 Å². The molecule has 0 aliphatic heterocycles. The zero-order valence-electron chi connectivity index (χ0n) is 25.4. The first-order chi connectivity index (χ1) is 21.9. The van der Waals surface area contributed by atoms with Gasteiger partial charge in [0.15, 0.2) is 5.84 Å². The van der Waals surface area contributed by atoms with Gasteiger partial charge in [-0.05, 0) is 61.4 Å². The number of amidine groups is 1. The summed E-state index contributed by atoms with van der Waals surface area (Å²) in [4.78, 5) is 30.3. The molecule has 1 aliphatic rings. The van der Waals surface area contributed by atoms with Gasteiger partial charge in [-0.15, -0.1) is 0 Å². The van der Waals surface area contributed by atoms with E-state index in [-0.39, 0.29) is 11.7 Å². The molecule has 1 saturated carbocycles. The second kappa shape index (κ2) is 14.6. The first-order valence-corrected chi connectivity index (χ1v) is 15.0. The van der Waals surface area contributed by atoms with E-state index < -0.39 is 18.4 Å². The second-order valence-electron chi connectivity index (χ2n) is 10.7. The maximum atomic E-state index is 13.4. The first-order valence-electron chi connectivity index (χ1n) is 15.0. The molecule has 0 spiro atoms. The third-order valence-corrected chi connectivity index (χ3v) is 7.63. The van der Waals surface area contributed by atoms with Gasteiger partial charge in [-0.1, -0.05) is 61.0 Å². The zero-order valence-corrected chi connectivity index (χ0v) is 25.4. The molecule has 0 amide bonds. The van der Waals surface area contributed by atoms with Gasteiger partial charge in [0.2, 0.25) is 6.29 Å². The quantitative estimate of drug-likeness (QED) is 0.0538. The fourth-order valence-electron chi connectivity index (χ4n) is 5.53. The van der Waals surface area contributed by atoms with E-state index in [2.05, 4.69) is 15.5 Å². The van der Waals surface area contributed by atoms with Gasteiger partial charge >= 0.3 is 12.1 Å². The van der Waals surface area contributed by atoms with Crippen LogP contribution >= 0.6 is 0 Å². The van der Waals surface area contributed by atoms with Gasteiger partial charge in [-0.3, -0.25) is 4.57 Å². The topological polar surface area (TPSA) is 165 Å². The summed E-state index contributed by atoms with van der Waals surface area (Å²) in [5, 5.41) is 3.75. The number of imidazole rings is 1. The molecule has 0 radical (unpaired) electrons. The molecular weight excluding hydrogens is 576 g/mol. The fraction of sp³-hybridized carbons (Fsp3) is 0.333. The number of rotatable bonds is 10. The minimum absolute atomic E-state index is 0.168. The standard InChI is InChI=1S/C33H38N6O6/c1-3-42-32-36-28-15-9-14-27(31(40)43-21(2)44-33(41)45-24-10-5-4-6-11-24)29(28)39(32)20-22-16-18-23(19-17-22)25-12-7-8-13-26(25)30(37-34)38-35/h7-9,12-19,21,24H,3-6,10-11,20,34-35H2,1-2H3,(H,37,38). The van der Waals surface area contributed by atoms with E-state index in [1.165, 1.54) is 6.92 Å². The summed E-state index contributed by atoms with van der Waals surface area (Å²) in [6.45, 7) is 4.09. The number of para-hydroxylation sites is 1. The minimum Gasteiger partial charge on any atom is -0.465 e. The summed E-state index contributed by atoms with van der Waals surface area (Å²) in [6.07, 6.45) is 2.61. The van der Waals surface area contributed by atoms with Gasteiger partial charge in [0.05, 0.1) is 29.7 Å². The molecule has 5 rings (SSSR count). The van der Waals surface area contributed by atoms with Crippen molar-refractivity contribution in [1.29, 1.82) is 0 Å². The van der Waals surface area contributed by atoms with Crippen LogP contribution in [0.1, 0.15) is 67.4 Å². The van der Waals surface area contributed by atoms with Crippen LogP contribution in [0.4, 0.5) is 4.79 Å². The minimum atomic E-state index is -1.15. The van der Waals surface area contributed by atoms with Crippen molar-refractivity contribution in [3.63, 3.8) is 0 Å². The molecule has 0 saturated heterocycles. The highest BCUT2D eigenvalue weighted by molar-refractivity contribution is 6.04. The summed E-state index contributed by atoms with van der Waals surface area (Å²) in [6, 6.07) is 21.1. The lowest BCUT2D eigenvalue weighted by molar-refractivity contribution is -0.0914. The van der Waals surface area contributed by atoms with Gasteiger partial charge in [-0.2, -0.15) is 10.1 Å². The number of hydrazine groups is 1. The monoisotopic (exact) mass is 614 g/mol. The second-order valence-corrected chi connectivity index (χ2v) is 10.7. The van der Waals surface area contributed by atoms with Gasteiger partial charge in [0.1, 0.15) is 6.10 Å². The van der Waals surface area contributed by atoms with E-state index in [0.717, 1.165) is 54.4 Å². The number of hydrazone groups is 1. The molecule has 1 aromatic heterocycles. The molecule has 4 aromatic rings. The van der Waals surface area contributed by atoms with Crippen molar-refractivity contribution in [2.75, 3.05) is 6.61 Å². The van der Waals surface area contributed by atoms with Gasteiger partial charge < -0.3 is 30.2 Å². The van der Waals surface area contributed by atoms with E-state index in [9.17, 15) is 9.59 Å². The lowest BCUT2D eigenvalue weighted by Crippen LogP contribution is -2.32. The Kier molecular flexibility index (Phi) is 10.2. The summed E-state index contributed by atoms with van der Waals surface area (Å²) >= 11 is 0. The van der Waals surface area contributed by atoms with Crippen LogP contribution in [0.3, 0.4) is 0 Å². The number of nitrogens with one attached hydrogen (secondary N) is 1. The Bertz CT molecular complexity index is 1660. The number of nitrogens with zero attached hydrogens (tertiary/aromatic N) is 3. The molecule has 1 atom stereocenters. The molecule has 12 nitrogen and oxygen atoms in total. The molecule has 45 heavy (non-hydrogen) atoms. The highest BCUT2D eigenvalue weighted by Crippen LogP contribution is 2.29. The Morgan fingerprint density at radius 2 is 1.73 bits per heavy atom. The Labute approximate surface area is 261 Å². The van der Waals surface area contributed by atoms with E-state index in [0.29, 0.717) is 36.0 Å². The number of nitrogens with two attached hydrogens (primary N) is 2. The summed E-state index contributed by atoms with van der Waals surface area (Å²) in [5.74, 6) is 10.8.